The van der Waals surface area contributed by atoms with Crippen molar-refractivity contribution in [1.29, 1.82) is 0 Å². The first-order valence-corrected chi connectivity index (χ1v) is 7.88. The maximum atomic E-state index is 4.69. The van der Waals surface area contributed by atoms with E-state index in [4.69, 9.17) is 0 Å². The first kappa shape index (κ1) is 14.0. The van der Waals surface area contributed by atoms with Gasteiger partial charge < -0.3 is 9.88 Å². The molecule has 4 nitrogen and oxygen atoms in total. The molecule has 108 valence electrons. The summed E-state index contributed by atoms with van der Waals surface area (Å²) in [5.41, 5.74) is 2.23. The van der Waals surface area contributed by atoms with Crippen LogP contribution in [0.15, 0.2) is 54.4 Å². The summed E-state index contributed by atoms with van der Waals surface area (Å²) in [6.07, 6.45) is 5.63. The van der Waals surface area contributed by atoms with Crippen LogP contribution in [0.1, 0.15) is 11.9 Å². The summed E-state index contributed by atoms with van der Waals surface area (Å²) in [6.45, 7) is 3.88. The Kier molecular flexibility index (Phi) is 4.43. The van der Waals surface area contributed by atoms with Crippen molar-refractivity contribution in [3.63, 3.8) is 0 Å². The van der Waals surface area contributed by atoms with Gasteiger partial charge in [-0.3, -0.25) is 0 Å². The molecule has 0 saturated heterocycles. The van der Waals surface area contributed by atoms with Crippen molar-refractivity contribution in [3.8, 4) is 11.3 Å². The zero-order valence-corrected chi connectivity index (χ0v) is 12.8. The summed E-state index contributed by atoms with van der Waals surface area (Å²) >= 11 is 1.70. The smallest absolute Gasteiger partial charge is 0.107 e. The number of hydrogen-bond donors (Lipinski definition) is 1. The number of rotatable bonds is 6. The minimum absolute atomic E-state index is 0.378. The van der Waals surface area contributed by atoms with Crippen LogP contribution >= 0.6 is 11.3 Å². The molecular formula is C16H18N4S. The molecule has 0 spiro atoms. The maximum Gasteiger partial charge on any atom is 0.107 e. The van der Waals surface area contributed by atoms with Gasteiger partial charge in [-0.05, 0) is 6.92 Å². The number of nitrogens with one attached hydrogen (secondary N) is 1. The zero-order valence-electron chi connectivity index (χ0n) is 11.9. The lowest BCUT2D eigenvalue weighted by Gasteiger charge is -2.13. The number of aromatic nitrogens is 3. The van der Waals surface area contributed by atoms with E-state index in [-0.39, 0.29) is 0 Å². The van der Waals surface area contributed by atoms with Gasteiger partial charge in [0.1, 0.15) is 5.01 Å². The molecule has 1 atom stereocenters. The molecule has 21 heavy (non-hydrogen) atoms. The Labute approximate surface area is 128 Å². The maximum absolute atomic E-state index is 4.69. The van der Waals surface area contributed by atoms with Gasteiger partial charge in [-0.25, -0.2) is 9.97 Å². The SMILES string of the molecule is C[C@H](Cn1ccnc1)NCc1nc(-c2ccccc2)cs1. The molecule has 0 aliphatic heterocycles. The van der Waals surface area contributed by atoms with Crippen LogP contribution in [-0.4, -0.2) is 20.6 Å². The van der Waals surface area contributed by atoms with Gasteiger partial charge in [-0.2, -0.15) is 0 Å². The monoisotopic (exact) mass is 298 g/mol. The Morgan fingerprint density at radius 1 is 1.29 bits per heavy atom. The second kappa shape index (κ2) is 6.65. The summed E-state index contributed by atoms with van der Waals surface area (Å²) in [7, 11) is 0. The third kappa shape index (κ3) is 3.77. The van der Waals surface area contributed by atoms with E-state index in [0.29, 0.717) is 6.04 Å². The molecule has 0 saturated carbocycles. The van der Waals surface area contributed by atoms with E-state index in [2.05, 4.69) is 44.3 Å². The molecule has 2 heterocycles. The van der Waals surface area contributed by atoms with Crippen LogP contribution in [-0.2, 0) is 13.1 Å². The standard InChI is InChI=1S/C16H18N4S/c1-13(10-20-8-7-17-12-20)18-9-16-19-15(11-21-16)14-5-3-2-4-6-14/h2-8,11-13,18H,9-10H2,1H3/t13-/m1/s1. The average Bonchev–Trinajstić information content (AvgIpc) is 3.17. The van der Waals surface area contributed by atoms with Crippen LogP contribution < -0.4 is 5.32 Å². The van der Waals surface area contributed by atoms with Gasteiger partial charge in [0.25, 0.3) is 0 Å². The molecule has 3 aromatic rings. The predicted molar refractivity (Wildman–Crippen MR) is 86.1 cm³/mol. The normalized spacial score (nSPS) is 12.4. The van der Waals surface area contributed by atoms with Crippen LogP contribution in [0.4, 0.5) is 0 Å². The van der Waals surface area contributed by atoms with Crippen molar-refractivity contribution < 1.29 is 0 Å². The van der Waals surface area contributed by atoms with E-state index in [1.165, 1.54) is 5.56 Å². The summed E-state index contributed by atoms with van der Waals surface area (Å²) in [5.74, 6) is 0. The summed E-state index contributed by atoms with van der Waals surface area (Å²) in [4.78, 5) is 8.74. The Bertz CT molecular complexity index is 661. The van der Waals surface area contributed by atoms with E-state index in [1.807, 2.05) is 30.7 Å². The fourth-order valence-corrected chi connectivity index (χ4v) is 2.92. The Balaban J connectivity index is 1.55. The van der Waals surface area contributed by atoms with Crippen molar-refractivity contribution in [1.82, 2.24) is 19.9 Å². The molecule has 1 aromatic carbocycles. The highest BCUT2D eigenvalue weighted by Crippen LogP contribution is 2.21. The minimum Gasteiger partial charge on any atom is -0.336 e. The molecule has 3 rings (SSSR count). The van der Waals surface area contributed by atoms with Gasteiger partial charge in [0, 0.05) is 42.5 Å². The topological polar surface area (TPSA) is 42.7 Å². The van der Waals surface area contributed by atoms with Gasteiger partial charge >= 0.3 is 0 Å². The molecule has 0 aliphatic carbocycles. The number of nitrogens with zero attached hydrogens (tertiary/aromatic N) is 3. The van der Waals surface area contributed by atoms with Crippen LogP contribution in [0, 0.1) is 0 Å². The van der Waals surface area contributed by atoms with Crippen LogP contribution in [0.3, 0.4) is 0 Å². The second-order valence-electron chi connectivity index (χ2n) is 5.03. The molecular weight excluding hydrogens is 280 g/mol. The molecule has 0 fully saturated rings. The van der Waals surface area contributed by atoms with E-state index in [9.17, 15) is 0 Å². The third-order valence-electron chi connectivity index (χ3n) is 3.27. The van der Waals surface area contributed by atoms with Gasteiger partial charge in [0.2, 0.25) is 0 Å². The van der Waals surface area contributed by atoms with Crippen molar-refractivity contribution in [2.24, 2.45) is 0 Å². The lowest BCUT2D eigenvalue weighted by atomic mass is 10.2. The minimum atomic E-state index is 0.378. The van der Waals surface area contributed by atoms with Crippen molar-refractivity contribution in [2.75, 3.05) is 0 Å². The van der Waals surface area contributed by atoms with Crippen LogP contribution in [0.2, 0.25) is 0 Å². The highest BCUT2D eigenvalue weighted by molar-refractivity contribution is 7.09. The number of imidazole rings is 1. The quantitative estimate of drug-likeness (QED) is 0.760. The largest absolute Gasteiger partial charge is 0.336 e. The van der Waals surface area contributed by atoms with Gasteiger partial charge in [-0.15, -0.1) is 11.3 Å². The number of hydrogen-bond acceptors (Lipinski definition) is 4. The Morgan fingerprint density at radius 3 is 2.90 bits per heavy atom. The first-order chi connectivity index (χ1) is 10.3. The van der Waals surface area contributed by atoms with E-state index in [1.54, 1.807) is 17.5 Å². The summed E-state index contributed by atoms with van der Waals surface area (Å²) in [6, 6.07) is 10.7. The first-order valence-electron chi connectivity index (χ1n) is 7.00. The molecule has 1 N–H and O–H groups in total. The molecule has 0 aliphatic rings. The lowest BCUT2D eigenvalue weighted by molar-refractivity contribution is 0.475. The molecule has 5 heteroatoms. The fraction of sp³-hybridized carbons (Fsp3) is 0.250. The fourth-order valence-electron chi connectivity index (χ4n) is 2.17. The molecule has 0 bridgehead atoms. The van der Waals surface area contributed by atoms with Crippen LogP contribution in [0.25, 0.3) is 11.3 Å². The summed E-state index contributed by atoms with van der Waals surface area (Å²) < 4.78 is 2.08. The van der Waals surface area contributed by atoms with Crippen LogP contribution in [0.5, 0.6) is 0 Å². The third-order valence-corrected chi connectivity index (χ3v) is 4.12. The van der Waals surface area contributed by atoms with Crippen molar-refractivity contribution in [3.05, 3.63) is 59.4 Å². The molecule has 0 amide bonds. The highest BCUT2D eigenvalue weighted by atomic mass is 32.1. The van der Waals surface area contributed by atoms with Gasteiger partial charge in [-0.1, -0.05) is 30.3 Å². The number of thiazole rings is 1. The lowest BCUT2D eigenvalue weighted by Crippen LogP contribution is -2.29. The van der Waals surface area contributed by atoms with Crippen molar-refractivity contribution in [2.45, 2.75) is 26.1 Å². The predicted octanol–water partition coefficient (Wildman–Crippen LogP) is 3.18. The Hall–Kier alpha value is -1.98. The molecule has 2 aromatic heterocycles. The summed E-state index contributed by atoms with van der Waals surface area (Å²) in [5, 5.41) is 6.74. The zero-order chi connectivity index (χ0) is 14.5. The van der Waals surface area contributed by atoms with Crippen molar-refractivity contribution >= 4 is 11.3 Å². The average molecular weight is 298 g/mol. The van der Waals surface area contributed by atoms with Gasteiger partial charge in [0.15, 0.2) is 0 Å². The Morgan fingerprint density at radius 2 is 2.14 bits per heavy atom. The molecule has 0 radical (unpaired) electrons. The van der Waals surface area contributed by atoms with E-state index in [0.717, 1.165) is 23.8 Å². The highest BCUT2D eigenvalue weighted by Gasteiger charge is 2.06. The molecule has 0 unspecified atom stereocenters. The van der Waals surface area contributed by atoms with E-state index >= 15 is 0 Å². The van der Waals surface area contributed by atoms with E-state index < -0.39 is 0 Å². The van der Waals surface area contributed by atoms with Gasteiger partial charge in [0.05, 0.1) is 12.0 Å². The number of benzene rings is 1. The second-order valence-corrected chi connectivity index (χ2v) is 5.98.